The van der Waals surface area contributed by atoms with Crippen molar-refractivity contribution in [3.05, 3.63) is 0 Å². The Labute approximate surface area is 106 Å². The van der Waals surface area contributed by atoms with Crippen LogP contribution in [0.1, 0.15) is 39.5 Å². The third-order valence-electron chi connectivity index (χ3n) is 3.13. The number of rotatable bonds is 6. The Bertz CT molecular complexity index is 276. The second-order valence-electron chi connectivity index (χ2n) is 5.18. The molecular weight excluding hydrogens is 236 g/mol. The lowest BCUT2D eigenvalue weighted by Crippen LogP contribution is -2.38. The molecule has 1 saturated carbocycles. The standard InChI is InChI=1S/C12H24N2O2S/c1-9(2)14-12(15)8-17(16)7-11(13)10-5-3-4-6-10/h9-11H,3-8,13H2,1-2H3,(H,14,15). The molecule has 17 heavy (non-hydrogen) atoms. The van der Waals surface area contributed by atoms with Crippen LogP contribution < -0.4 is 11.1 Å². The van der Waals surface area contributed by atoms with Crippen LogP contribution in [0.15, 0.2) is 0 Å². The highest BCUT2D eigenvalue weighted by Crippen LogP contribution is 2.27. The molecule has 2 unspecified atom stereocenters. The van der Waals surface area contributed by atoms with Crippen LogP contribution in [0.3, 0.4) is 0 Å². The fraction of sp³-hybridized carbons (Fsp3) is 0.917. The zero-order valence-corrected chi connectivity index (χ0v) is 11.6. The van der Waals surface area contributed by atoms with E-state index < -0.39 is 10.8 Å². The molecule has 0 bridgehead atoms. The first-order valence-corrected chi connectivity index (χ1v) is 7.87. The first-order valence-electron chi connectivity index (χ1n) is 6.39. The summed E-state index contributed by atoms with van der Waals surface area (Å²) in [6.45, 7) is 3.79. The Morgan fingerprint density at radius 1 is 1.41 bits per heavy atom. The number of carbonyl (C=O) groups excluding carboxylic acids is 1. The Hall–Kier alpha value is -0.420. The van der Waals surface area contributed by atoms with Gasteiger partial charge in [-0.1, -0.05) is 12.8 Å². The zero-order chi connectivity index (χ0) is 12.8. The molecule has 100 valence electrons. The van der Waals surface area contributed by atoms with E-state index >= 15 is 0 Å². The summed E-state index contributed by atoms with van der Waals surface area (Å²) in [5.41, 5.74) is 6.03. The highest BCUT2D eigenvalue weighted by Gasteiger charge is 2.24. The van der Waals surface area contributed by atoms with Gasteiger partial charge in [-0.25, -0.2) is 0 Å². The number of carbonyl (C=O) groups is 1. The molecular formula is C12H24N2O2S. The Kier molecular flexibility index (Phi) is 6.12. The van der Waals surface area contributed by atoms with Gasteiger partial charge in [0.25, 0.3) is 0 Å². The fourth-order valence-corrected chi connectivity index (χ4v) is 3.50. The van der Waals surface area contributed by atoms with Crippen LogP contribution in [0.4, 0.5) is 0 Å². The predicted octanol–water partition coefficient (Wildman–Crippen LogP) is 0.777. The number of nitrogens with two attached hydrogens (primary N) is 1. The topological polar surface area (TPSA) is 72.2 Å². The van der Waals surface area contributed by atoms with Gasteiger partial charge in [-0.3, -0.25) is 9.00 Å². The van der Waals surface area contributed by atoms with Crippen LogP contribution in [0.2, 0.25) is 0 Å². The van der Waals surface area contributed by atoms with Crippen molar-refractivity contribution in [3.63, 3.8) is 0 Å². The van der Waals surface area contributed by atoms with E-state index in [1.165, 1.54) is 12.8 Å². The summed E-state index contributed by atoms with van der Waals surface area (Å²) in [5, 5.41) is 2.74. The van der Waals surface area contributed by atoms with Gasteiger partial charge in [0.05, 0.1) is 0 Å². The van der Waals surface area contributed by atoms with Crippen molar-refractivity contribution in [1.29, 1.82) is 0 Å². The lowest BCUT2D eigenvalue weighted by atomic mass is 10.0. The second kappa shape index (κ2) is 7.11. The molecule has 4 nitrogen and oxygen atoms in total. The maximum absolute atomic E-state index is 11.8. The number of amides is 1. The molecule has 0 saturated heterocycles. The SMILES string of the molecule is CC(C)NC(=O)CS(=O)CC(N)C1CCCC1. The normalized spacial score (nSPS) is 20.5. The van der Waals surface area contributed by atoms with Crippen molar-refractivity contribution in [2.45, 2.75) is 51.6 Å². The quantitative estimate of drug-likeness (QED) is 0.741. The Balaban J connectivity index is 2.26. The lowest BCUT2D eigenvalue weighted by Gasteiger charge is -2.18. The van der Waals surface area contributed by atoms with Gasteiger partial charge in [0.15, 0.2) is 0 Å². The summed E-state index contributed by atoms with van der Waals surface area (Å²) < 4.78 is 11.8. The van der Waals surface area contributed by atoms with Crippen molar-refractivity contribution in [1.82, 2.24) is 5.32 Å². The van der Waals surface area contributed by atoms with E-state index in [1.807, 2.05) is 13.8 Å². The van der Waals surface area contributed by atoms with Crippen LogP contribution in [-0.2, 0) is 15.6 Å². The van der Waals surface area contributed by atoms with Gasteiger partial charge in [-0.15, -0.1) is 0 Å². The molecule has 1 aliphatic rings. The maximum Gasteiger partial charge on any atom is 0.232 e. The third kappa shape index (κ3) is 5.64. The molecule has 1 aliphatic carbocycles. The van der Waals surface area contributed by atoms with Crippen molar-refractivity contribution < 1.29 is 9.00 Å². The average molecular weight is 260 g/mol. The van der Waals surface area contributed by atoms with Crippen LogP contribution in [0, 0.1) is 5.92 Å². The summed E-state index contributed by atoms with van der Waals surface area (Å²) in [7, 11) is -1.13. The molecule has 1 rings (SSSR count). The van der Waals surface area contributed by atoms with Gasteiger partial charge < -0.3 is 11.1 Å². The molecule has 2 atom stereocenters. The lowest BCUT2D eigenvalue weighted by molar-refractivity contribution is -0.119. The largest absolute Gasteiger partial charge is 0.353 e. The molecule has 1 amide bonds. The van der Waals surface area contributed by atoms with Crippen molar-refractivity contribution in [2.75, 3.05) is 11.5 Å². The fourth-order valence-electron chi connectivity index (χ4n) is 2.31. The average Bonchev–Trinajstić information content (AvgIpc) is 2.67. The molecule has 3 N–H and O–H groups in total. The number of hydrogen-bond acceptors (Lipinski definition) is 3. The summed E-state index contributed by atoms with van der Waals surface area (Å²) in [6, 6.07) is 0.0909. The summed E-state index contributed by atoms with van der Waals surface area (Å²) >= 11 is 0. The van der Waals surface area contributed by atoms with Gasteiger partial charge in [0.1, 0.15) is 5.75 Å². The van der Waals surface area contributed by atoms with Crippen LogP contribution in [0.25, 0.3) is 0 Å². The molecule has 0 radical (unpaired) electrons. The van der Waals surface area contributed by atoms with Gasteiger partial charge in [0.2, 0.25) is 5.91 Å². The Morgan fingerprint density at radius 3 is 2.53 bits per heavy atom. The minimum atomic E-state index is -1.13. The first-order chi connectivity index (χ1) is 7.99. The van der Waals surface area contributed by atoms with E-state index in [2.05, 4.69) is 5.32 Å². The van der Waals surface area contributed by atoms with E-state index in [4.69, 9.17) is 5.73 Å². The summed E-state index contributed by atoms with van der Waals surface area (Å²) in [5.74, 6) is 0.901. The molecule has 0 spiro atoms. The summed E-state index contributed by atoms with van der Waals surface area (Å²) in [4.78, 5) is 11.4. The van der Waals surface area contributed by atoms with Crippen LogP contribution in [0.5, 0.6) is 0 Å². The number of nitrogens with one attached hydrogen (secondary N) is 1. The zero-order valence-electron chi connectivity index (χ0n) is 10.8. The predicted molar refractivity (Wildman–Crippen MR) is 71.1 cm³/mol. The minimum Gasteiger partial charge on any atom is -0.353 e. The second-order valence-corrected chi connectivity index (χ2v) is 6.68. The highest BCUT2D eigenvalue weighted by molar-refractivity contribution is 7.85. The van der Waals surface area contributed by atoms with Crippen molar-refractivity contribution in [2.24, 2.45) is 11.7 Å². The van der Waals surface area contributed by atoms with Crippen molar-refractivity contribution >= 4 is 16.7 Å². The highest BCUT2D eigenvalue weighted by atomic mass is 32.2. The molecule has 5 heteroatoms. The molecule has 0 aromatic heterocycles. The van der Waals surface area contributed by atoms with Crippen molar-refractivity contribution in [3.8, 4) is 0 Å². The van der Waals surface area contributed by atoms with Gasteiger partial charge >= 0.3 is 0 Å². The molecule has 0 heterocycles. The van der Waals surface area contributed by atoms with Gasteiger partial charge in [-0.05, 0) is 32.6 Å². The third-order valence-corrected chi connectivity index (χ3v) is 4.47. The summed E-state index contributed by atoms with van der Waals surface area (Å²) in [6.07, 6.45) is 4.77. The smallest absolute Gasteiger partial charge is 0.232 e. The molecule has 0 aliphatic heterocycles. The Morgan fingerprint density at radius 2 is 2.00 bits per heavy atom. The first kappa shape index (κ1) is 14.6. The number of hydrogen-bond donors (Lipinski definition) is 2. The monoisotopic (exact) mass is 260 g/mol. The van der Waals surface area contributed by atoms with Crippen LogP contribution >= 0.6 is 0 Å². The van der Waals surface area contributed by atoms with E-state index in [0.717, 1.165) is 12.8 Å². The maximum atomic E-state index is 11.8. The van der Waals surface area contributed by atoms with Gasteiger partial charge in [-0.2, -0.15) is 0 Å². The van der Waals surface area contributed by atoms with E-state index in [0.29, 0.717) is 11.7 Å². The van der Waals surface area contributed by atoms with Gasteiger partial charge in [0, 0.05) is 28.6 Å². The van der Waals surface area contributed by atoms with E-state index in [1.54, 1.807) is 0 Å². The molecule has 1 fully saturated rings. The van der Waals surface area contributed by atoms with Crippen LogP contribution in [-0.4, -0.2) is 33.7 Å². The minimum absolute atomic E-state index is 0.00909. The molecule has 0 aromatic rings. The molecule has 0 aromatic carbocycles. The van der Waals surface area contributed by atoms with E-state index in [-0.39, 0.29) is 23.7 Å². The van der Waals surface area contributed by atoms with E-state index in [9.17, 15) is 9.00 Å².